The zero-order valence-corrected chi connectivity index (χ0v) is 9.59. The summed E-state index contributed by atoms with van der Waals surface area (Å²) in [4.78, 5) is 10.5. The second-order valence-corrected chi connectivity index (χ2v) is 3.66. The fourth-order valence-electron chi connectivity index (χ4n) is 1.16. The van der Waals surface area contributed by atoms with Crippen LogP contribution in [-0.2, 0) is 4.79 Å². The van der Waals surface area contributed by atoms with E-state index in [2.05, 4.69) is 0 Å². The Kier molecular flexibility index (Phi) is 6.67. The van der Waals surface area contributed by atoms with Crippen molar-refractivity contribution in [3.8, 4) is 0 Å². The van der Waals surface area contributed by atoms with Crippen LogP contribution in [0.4, 0.5) is 4.39 Å². The van der Waals surface area contributed by atoms with Gasteiger partial charge in [-0.05, 0) is 39.2 Å². The number of carbonyl (C=O) groups is 1. The summed E-state index contributed by atoms with van der Waals surface area (Å²) in [6.45, 7) is 5.19. The van der Waals surface area contributed by atoms with Crippen molar-refractivity contribution in [2.75, 3.05) is 0 Å². The average Bonchev–Trinajstić information content (AvgIpc) is 2.17. The maximum atomic E-state index is 12.8. The van der Waals surface area contributed by atoms with Crippen molar-refractivity contribution in [2.45, 2.75) is 46.2 Å². The molecular formula is C12H19FO2. The van der Waals surface area contributed by atoms with Crippen molar-refractivity contribution in [3.05, 3.63) is 23.3 Å². The monoisotopic (exact) mass is 214 g/mol. The molecule has 0 saturated carbocycles. The third-order valence-electron chi connectivity index (χ3n) is 2.17. The maximum Gasteiger partial charge on any atom is 0.331 e. The molecule has 0 spiro atoms. The lowest BCUT2D eigenvalue weighted by molar-refractivity contribution is -0.132. The normalized spacial score (nSPS) is 15.2. The first-order valence-electron chi connectivity index (χ1n) is 5.19. The Labute approximate surface area is 90.5 Å². The number of alkyl halides is 1. The van der Waals surface area contributed by atoms with Crippen LogP contribution in [0.5, 0.6) is 0 Å². The largest absolute Gasteiger partial charge is 0.478 e. The molecule has 15 heavy (non-hydrogen) atoms. The molecule has 0 fully saturated rings. The first-order chi connectivity index (χ1) is 6.97. The summed E-state index contributed by atoms with van der Waals surface area (Å²) in [7, 11) is 0. The molecule has 1 unspecified atom stereocenters. The van der Waals surface area contributed by atoms with Gasteiger partial charge in [0.25, 0.3) is 0 Å². The third kappa shape index (κ3) is 6.89. The molecule has 3 heteroatoms. The third-order valence-corrected chi connectivity index (χ3v) is 2.17. The molecule has 0 bridgehead atoms. The first kappa shape index (κ1) is 13.9. The van der Waals surface area contributed by atoms with Gasteiger partial charge in [0.05, 0.1) is 0 Å². The minimum absolute atomic E-state index is 0.302. The Morgan fingerprint density at radius 3 is 2.53 bits per heavy atom. The highest BCUT2D eigenvalue weighted by molar-refractivity contribution is 5.86. The number of carboxylic acids is 1. The molecule has 0 radical (unpaired) electrons. The van der Waals surface area contributed by atoms with Crippen molar-refractivity contribution in [3.63, 3.8) is 0 Å². The van der Waals surface area contributed by atoms with Crippen LogP contribution in [0.3, 0.4) is 0 Å². The van der Waals surface area contributed by atoms with E-state index in [0.29, 0.717) is 24.8 Å². The molecule has 0 aliphatic heterocycles. The summed E-state index contributed by atoms with van der Waals surface area (Å²) in [5, 5.41) is 8.63. The Morgan fingerprint density at radius 2 is 2.07 bits per heavy atom. The average molecular weight is 214 g/mol. The van der Waals surface area contributed by atoms with Crippen molar-refractivity contribution in [1.82, 2.24) is 0 Å². The molecule has 0 rings (SSSR count). The number of carboxylic acid groups (broad SMARTS) is 1. The van der Waals surface area contributed by atoms with Gasteiger partial charge in [-0.25, -0.2) is 9.18 Å². The molecule has 86 valence electrons. The van der Waals surface area contributed by atoms with Gasteiger partial charge in [0.15, 0.2) is 0 Å². The molecule has 2 nitrogen and oxygen atoms in total. The molecule has 0 aromatic rings. The maximum absolute atomic E-state index is 12.8. The lowest BCUT2D eigenvalue weighted by Crippen LogP contribution is -1.97. The predicted molar refractivity (Wildman–Crippen MR) is 59.6 cm³/mol. The van der Waals surface area contributed by atoms with E-state index < -0.39 is 12.1 Å². The topological polar surface area (TPSA) is 37.3 Å². The summed E-state index contributed by atoms with van der Waals surface area (Å²) >= 11 is 0. The van der Waals surface area contributed by atoms with Crippen molar-refractivity contribution < 1.29 is 14.3 Å². The minimum atomic E-state index is -0.917. The summed E-state index contributed by atoms with van der Waals surface area (Å²) in [6, 6.07) is 0. The van der Waals surface area contributed by atoms with Crippen LogP contribution in [0, 0.1) is 0 Å². The second-order valence-electron chi connectivity index (χ2n) is 3.66. The molecule has 0 heterocycles. The zero-order valence-electron chi connectivity index (χ0n) is 9.59. The summed E-state index contributed by atoms with van der Waals surface area (Å²) in [5.74, 6) is -0.917. The van der Waals surface area contributed by atoms with Gasteiger partial charge in [-0.1, -0.05) is 18.6 Å². The number of halogens is 1. The smallest absolute Gasteiger partial charge is 0.331 e. The van der Waals surface area contributed by atoms with Gasteiger partial charge in [-0.15, -0.1) is 0 Å². The number of hydrogen-bond donors (Lipinski definition) is 1. The fourth-order valence-corrected chi connectivity index (χ4v) is 1.16. The summed E-state index contributed by atoms with van der Waals surface area (Å²) in [6.07, 6.45) is 4.42. The quantitative estimate of drug-likeness (QED) is 0.542. The zero-order chi connectivity index (χ0) is 11.8. The lowest BCUT2D eigenvalue weighted by Gasteiger charge is -2.01. The molecule has 0 amide bonds. The van der Waals surface area contributed by atoms with Crippen molar-refractivity contribution in [2.24, 2.45) is 0 Å². The first-order valence-corrected chi connectivity index (χ1v) is 5.19. The molecule has 0 aliphatic rings. The number of hydrogen-bond acceptors (Lipinski definition) is 1. The van der Waals surface area contributed by atoms with E-state index in [-0.39, 0.29) is 0 Å². The highest BCUT2D eigenvalue weighted by Crippen LogP contribution is 2.09. The van der Waals surface area contributed by atoms with Gasteiger partial charge in [0, 0.05) is 5.57 Å². The fraction of sp³-hybridized carbons (Fsp3) is 0.583. The van der Waals surface area contributed by atoms with Crippen LogP contribution in [0.25, 0.3) is 0 Å². The SMILES string of the molecule is CCC(F)CCC=C(C)C=C(C)C(=O)O. The highest BCUT2D eigenvalue weighted by Gasteiger charge is 2.01. The van der Waals surface area contributed by atoms with E-state index in [0.717, 1.165) is 5.57 Å². The van der Waals surface area contributed by atoms with Gasteiger partial charge in [-0.3, -0.25) is 0 Å². The van der Waals surface area contributed by atoms with E-state index in [1.165, 1.54) is 0 Å². The number of allylic oxidation sites excluding steroid dienone is 3. The van der Waals surface area contributed by atoms with E-state index in [4.69, 9.17) is 5.11 Å². The van der Waals surface area contributed by atoms with E-state index in [9.17, 15) is 9.18 Å². The highest BCUT2D eigenvalue weighted by atomic mass is 19.1. The molecule has 1 atom stereocenters. The molecule has 0 aromatic carbocycles. The molecule has 0 aliphatic carbocycles. The van der Waals surface area contributed by atoms with E-state index >= 15 is 0 Å². The summed E-state index contributed by atoms with van der Waals surface area (Å²) in [5.41, 5.74) is 1.18. The van der Waals surface area contributed by atoms with Gasteiger partial charge in [0.2, 0.25) is 0 Å². The Hall–Kier alpha value is -1.12. The molecule has 1 N–H and O–H groups in total. The Bertz CT molecular complexity index is 267. The Balaban J connectivity index is 4.10. The standard InChI is InChI=1S/C12H19FO2/c1-4-11(13)7-5-6-9(2)8-10(3)12(14)15/h6,8,11H,4-5,7H2,1-3H3,(H,14,15). The molecule has 0 saturated heterocycles. The van der Waals surface area contributed by atoms with E-state index in [1.807, 2.05) is 19.9 Å². The van der Waals surface area contributed by atoms with Crippen LogP contribution >= 0.6 is 0 Å². The van der Waals surface area contributed by atoms with Gasteiger partial charge in [0.1, 0.15) is 6.17 Å². The van der Waals surface area contributed by atoms with Crippen LogP contribution < -0.4 is 0 Å². The minimum Gasteiger partial charge on any atom is -0.478 e. The van der Waals surface area contributed by atoms with Crippen LogP contribution in [0.15, 0.2) is 23.3 Å². The predicted octanol–water partition coefficient (Wildman–Crippen LogP) is 3.49. The van der Waals surface area contributed by atoms with Gasteiger partial charge < -0.3 is 5.11 Å². The van der Waals surface area contributed by atoms with E-state index in [1.54, 1.807) is 13.0 Å². The number of rotatable bonds is 6. The van der Waals surface area contributed by atoms with Gasteiger partial charge in [-0.2, -0.15) is 0 Å². The number of aliphatic carboxylic acids is 1. The lowest BCUT2D eigenvalue weighted by atomic mass is 10.1. The molecule has 0 aromatic heterocycles. The van der Waals surface area contributed by atoms with Crippen LogP contribution in [-0.4, -0.2) is 17.2 Å². The summed E-state index contributed by atoms with van der Waals surface area (Å²) < 4.78 is 12.8. The van der Waals surface area contributed by atoms with Crippen LogP contribution in [0.1, 0.15) is 40.0 Å². The van der Waals surface area contributed by atoms with Crippen molar-refractivity contribution in [1.29, 1.82) is 0 Å². The van der Waals surface area contributed by atoms with Crippen molar-refractivity contribution >= 4 is 5.97 Å². The second kappa shape index (κ2) is 7.21. The molecular weight excluding hydrogens is 195 g/mol. The van der Waals surface area contributed by atoms with Crippen LogP contribution in [0.2, 0.25) is 0 Å². The van der Waals surface area contributed by atoms with Gasteiger partial charge >= 0.3 is 5.97 Å². The Morgan fingerprint density at radius 1 is 1.47 bits per heavy atom.